The minimum atomic E-state index is -0.218. The number of hydrogen-bond donors (Lipinski definition) is 1. The Morgan fingerprint density at radius 3 is 2.60 bits per heavy atom. The Morgan fingerprint density at radius 1 is 1.35 bits per heavy atom. The van der Waals surface area contributed by atoms with E-state index < -0.39 is 0 Å². The molecule has 1 atom stereocenters. The van der Waals surface area contributed by atoms with Gasteiger partial charge in [-0.15, -0.1) is 0 Å². The van der Waals surface area contributed by atoms with Crippen molar-refractivity contribution in [2.24, 2.45) is 0 Å². The van der Waals surface area contributed by atoms with Gasteiger partial charge < -0.3 is 14.8 Å². The summed E-state index contributed by atoms with van der Waals surface area (Å²) in [6, 6.07) is 2.18. The number of nitrogens with one attached hydrogen (secondary N) is 1. The zero-order valence-electron chi connectivity index (χ0n) is 13.3. The van der Waals surface area contributed by atoms with E-state index >= 15 is 0 Å². The molecule has 2 heterocycles. The van der Waals surface area contributed by atoms with Crippen LogP contribution in [-0.2, 0) is 16.1 Å². The van der Waals surface area contributed by atoms with Crippen LogP contribution in [0.25, 0.3) is 0 Å². The Hall–Kier alpha value is -1.20. The molecule has 0 aliphatic carbocycles. The van der Waals surface area contributed by atoms with E-state index in [0.29, 0.717) is 12.4 Å². The van der Waals surface area contributed by atoms with E-state index in [9.17, 15) is 0 Å². The standard InChI is InChI=1S/C15H25N3O2/c1-10-7-12(18-13(16-10)9-19-6)17-11-8-14(2,3)20-15(11,4)5/h7,11H,8-9H2,1-6H3,(H,16,17,18). The van der Waals surface area contributed by atoms with Gasteiger partial charge in [-0.05, 0) is 41.0 Å². The van der Waals surface area contributed by atoms with Gasteiger partial charge in [0.25, 0.3) is 0 Å². The van der Waals surface area contributed by atoms with Crippen LogP contribution < -0.4 is 5.32 Å². The lowest BCUT2D eigenvalue weighted by molar-refractivity contribution is -0.0662. The van der Waals surface area contributed by atoms with E-state index in [1.807, 2.05) is 13.0 Å². The van der Waals surface area contributed by atoms with Crippen molar-refractivity contribution in [3.05, 3.63) is 17.6 Å². The van der Waals surface area contributed by atoms with Crippen molar-refractivity contribution < 1.29 is 9.47 Å². The molecule has 0 spiro atoms. The summed E-state index contributed by atoms with van der Waals surface area (Å²) in [6.45, 7) is 10.9. The number of methoxy groups -OCH3 is 1. The van der Waals surface area contributed by atoms with E-state index in [4.69, 9.17) is 9.47 Å². The van der Waals surface area contributed by atoms with Crippen LogP contribution in [0.4, 0.5) is 5.82 Å². The van der Waals surface area contributed by atoms with Crippen molar-refractivity contribution in [2.75, 3.05) is 12.4 Å². The number of hydrogen-bond acceptors (Lipinski definition) is 5. The fraction of sp³-hybridized carbons (Fsp3) is 0.733. The van der Waals surface area contributed by atoms with Crippen LogP contribution in [0, 0.1) is 6.92 Å². The molecule has 1 fully saturated rings. The molecule has 1 unspecified atom stereocenters. The van der Waals surface area contributed by atoms with Gasteiger partial charge in [0, 0.05) is 18.9 Å². The van der Waals surface area contributed by atoms with Gasteiger partial charge >= 0.3 is 0 Å². The lowest BCUT2D eigenvalue weighted by atomic mass is 9.94. The van der Waals surface area contributed by atoms with Gasteiger partial charge in [-0.1, -0.05) is 0 Å². The van der Waals surface area contributed by atoms with Crippen molar-refractivity contribution in [3.63, 3.8) is 0 Å². The van der Waals surface area contributed by atoms with Crippen LogP contribution in [0.15, 0.2) is 6.07 Å². The molecule has 20 heavy (non-hydrogen) atoms. The molecule has 1 N–H and O–H groups in total. The number of rotatable bonds is 4. The zero-order chi connectivity index (χ0) is 15.0. The van der Waals surface area contributed by atoms with E-state index in [1.165, 1.54) is 0 Å². The molecule has 1 aromatic heterocycles. The molecule has 5 heteroatoms. The molecule has 112 valence electrons. The molecule has 5 nitrogen and oxygen atoms in total. The van der Waals surface area contributed by atoms with Gasteiger partial charge in [0.15, 0.2) is 5.82 Å². The molecule has 0 amide bonds. The first-order valence-electron chi connectivity index (χ1n) is 7.02. The van der Waals surface area contributed by atoms with Crippen molar-refractivity contribution in [1.82, 2.24) is 9.97 Å². The van der Waals surface area contributed by atoms with E-state index in [-0.39, 0.29) is 17.2 Å². The molecule has 2 rings (SSSR count). The Labute approximate surface area is 121 Å². The van der Waals surface area contributed by atoms with E-state index in [0.717, 1.165) is 17.9 Å². The van der Waals surface area contributed by atoms with Crippen molar-refractivity contribution >= 4 is 5.82 Å². The number of aromatic nitrogens is 2. The quantitative estimate of drug-likeness (QED) is 0.918. The number of nitrogens with zero attached hydrogens (tertiary/aromatic N) is 2. The SMILES string of the molecule is COCc1nc(C)cc(NC2CC(C)(C)OC2(C)C)n1. The largest absolute Gasteiger partial charge is 0.377 e. The molecule has 1 aliphatic heterocycles. The lowest BCUT2D eigenvalue weighted by Gasteiger charge is -2.28. The summed E-state index contributed by atoms with van der Waals surface area (Å²) in [5, 5.41) is 3.49. The third-order valence-electron chi connectivity index (χ3n) is 3.57. The van der Waals surface area contributed by atoms with Crippen molar-refractivity contribution in [1.29, 1.82) is 0 Å². The predicted octanol–water partition coefficient (Wildman–Crippen LogP) is 2.69. The highest BCUT2D eigenvalue weighted by Crippen LogP contribution is 2.38. The summed E-state index contributed by atoms with van der Waals surface area (Å²) in [5.41, 5.74) is 0.605. The first-order valence-corrected chi connectivity index (χ1v) is 7.02. The van der Waals surface area contributed by atoms with Crippen molar-refractivity contribution in [2.45, 2.75) is 64.9 Å². The van der Waals surface area contributed by atoms with Gasteiger partial charge in [0.1, 0.15) is 12.4 Å². The average molecular weight is 279 g/mol. The lowest BCUT2D eigenvalue weighted by Crippen LogP contribution is -2.38. The van der Waals surface area contributed by atoms with E-state index in [2.05, 4.69) is 43.0 Å². The van der Waals surface area contributed by atoms with Crippen LogP contribution in [0.1, 0.15) is 45.6 Å². The third-order valence-corrected chi connectivity index (χ3v) is 3.57. The highest BCUT2D eigenvalue weighted by Gasteiger charge is 2.45. The first-order chi connectivity index (χ1) is 9.22. The smallest absolute Gasteiger partial charge is 0.156 e. The summed E-state index contributed by atoms with van der Waals surface area (Å²) in [5.74, 6) is 1.54. The fourth-order valence-electron chi connectivity index (χ4n) is 2.86. The van der Waals surface area contributed by atoms with Crippen molar-refractivity contribution in [3.8, 4) is 0 Å². The second-order valence-corrected chi connectivity index (χ2v) is 6.61. The predicted molar refractivity (Wildman–Crippen MR) is 78.8 cm³/mol. The molecule has 0 aromatic carbocycles. The Bertz CT molecular complexity index is 486. The van der Waals surface area contributed by atoms with Crippen LogP contribution in [0.5, 0.6) is 0 Å². The maximum absolute atomic E-state index is 6.10. The summed E-state index contributed by atoms with van der Waals surface area (Å²) < 4.78 is 11.2. The Balaban J connectivity index is 2.17. The summed E-state index contributed by atoms with van der Waals surface area (Å²) >= 11 is 0. The van der Waals surface area contributed by atoms with E-state index in [1.54, 1.807) is 7.11 Å². The maximum atomic E-state index is 6.10. The zero-order valence-corrected chi connectivity index (χ0v) is 13.3. The summed E-state index contributed by atoms with van der Waals surface area (Å²) in [7, 11) is 1.65. The van der Waals surface area contributed by atoms with Crippen LogP contribution >= 0.6 is 0 Å². The monoisotopic (exact) mass is 279 g/mol. The molecule has 0 saturated carbocycles. The van der Waals surface area contributed by atoms with Gasteiger partial charge in [-0.25, -0.2) is 9.97 Å². The van der Waals surface area contributed by atoms with Crippen LogP contribution in [-0.4, -0.2) is 34.3 Å². The normalized spacial score (nSPS) is 23.8. The minimum absolute atomic E-state index is 0.112. The molecular weight excluding hydrogens is 254 g/mol. The van der Waals surface area contributed by atoms with Gasteiger partial charge in [-0.3, -0.25) is 0 Å². The number of anilines is 1. The third kappa shape index (κ3) is 3.46. The summed E-state index contributed by atoms with van der Waals surface area (Å²) in [4.78, 5) is 8.85. The van der Waals surface area contributed by atoms with Gasteiger partial charge in [-0.2, -0.15) is 0 Å². The molecule has 0 bridgehead atoms. The van der Waals surface area contributed by atoms with Gasteiger partial charge in [0.2, 0.25) is 0 Å². The Kier molecular flexibility index (Phi) is 4.02. The molecule has 1 aliphatic rings. The second kappa shape index (κ2) is 5.30. The Morgan fingerprint density at radius 2 is 2.05 bits per heavy atom. The highest BCUT2D eigenvalue weighted by molar-refractivity contribution is 5.38. The highest BCUT2D eigenvalue weighted by atomic mass is 16.5. The average Bonchev–Trinajstić information content (AvgIpc) is 2.45. The number of aryl methyl sites for hydroxylation is 1. The molecule has 1 saturated heterocycles. The summed E-state index contributed by atoms with van der Waals surface area (Å²) in [6.07, 6.45) is 0.947. The second-order valence-electron chi connectivity index (χ2n) is 6.61. The fourth-order valence-corrected chi connectivity index (χ4v) is 2.86. The molecular formula is C15H25N3O2. The van der Waals surface area contributed by atoms with Gasteiger partial charge in [0.05, 0.1) is 17.2 Å². The van der Waals surface area contributed by atoms with Crippen LogP contribution in [0.2, 0.25) is 0 Å². The topological polar surface area (TPSA) is 56.3 Å². The molecule has 0 radical (unpaired) electrons. The number of ether oxygens (including phenoxy) is 2. The first kappa shape index (κ1) is 15.2. The maximum Gasteiger partial charge on any atom is 0.156 e. The molecule has 1 aromatic rings. The van der Waals surface area contributed by atoms with Crippen LogP contribution in [0.3, 0.4) is 0 Å². The minimum Gasteiger partial charge on any atom is -0.377 e.